The van der Waals surface area contributed by atoms with E-state index in [4.69, 9.17) is 0 Å². The van der Waals surface area contributed by atoms with E-state index in [0.717, 1.165) is 51.4 Å². The molecule has 0 amide bonds. The highest BCUT2D eigenvalue weighted by Gasteiger charge is 2.45. The van der Waals surface area contributed by atoms with E-state index in [1.54, 1.807) is 0 Å². The van der Waals surface area contributed by atoms with E-state index in [-0.39, 0.29) is 17.8 Å². The molecule has 3 fully saturated rings. The summed E-state index contributed by atoms with van der Waals surface area (Å²) in [6, 6.07) is 0. The van der Waals surface area contributed by atoms with Gasteiger partial charge in [-0.1, -0.05) is 12.2 Å². The van der Waals surface area contributed by atoms with Crippen molar-refractivity contribution in [1.29, 1.82) is 0 Å². The summed E-state index contributed by atoms with van der Waals surface area (Å²) in [6.45, 7) is 7.76. The summed E-state index contributed by atoms with van der Waals surface area (Å²) in [4.78, 5) is 0. The van der Waals surface area contributed by atoms with Gasteiger partial charge in [-0.05, 0) is 93.8 Å². The zero-order valence-electron chi connectivity index (χ0n) is 15.0. The summed E-state index contributed by atoms with van der Waals surface area (Å²) in [5.74, 6) is 1.91. The fraction of sp³-hybridized carbons (Fsp3) is 0.818. The molecule has 2 atom stereocenters. The minimum Gasteiger partial charge on any atom is -0.247 e. The Balaban J connectivity index is 1.55. The number of alkyl halides is 2. The van der Waals surface area contributed by atoms with Crippen molar-refractivity contribution in [3.05, 3.63) is 25.3 Å². The lowest BCUT2D eigenvalue weighted by atomic mass is 9.63. The molecule has 3 rings (SSSR count). The van der Waals surface area contributed by atoms with Gasteiger partial charge in [-0.3, -0.25) is 0 Å². The van der Waals surface area contributed by atoms with Crippen molar-refractivity contribution < 1.29 is 8.78 Å². The van der Waals surface area contributed by atoms with Crippen molar-refractivity contribution in [3.8, 4) is 0 Å². The Labute approximate surface area is 146 Å². The summed E-state index contributed by atoms with van der Waals surface area (Å²) >= 11 is 0. The fourth-order valence-electron chi connectivity index (χ4n) is 5.81. The van der Waals surface area contributed by atoms with Crippen LogP contribution in [0.1, 0.15) is 64.2 Å². The van der Waals surface area contributed by atoms with Crippen LogP contribution < -0.4 is 0 Å². The highest BCUT2D eigenvalue weighted by atomic mass is 19.1. The van der Waals surface area contributed by atoms with E-state index in [1.165, 1.54) is 0 Å². The molecule has 136 valence electrons. The Morgan fingerprint density at radius 3 is 1.42 bits per heavy atom. The quantitative estimate of drug-likeness (QED) is 0.503. The molecule has 0 aliphatic heterocycles. The molecule has 0 N–H and O–H groups in total. The summed E-state index contributed by atoms with van der Waals surface area (Å²) in [5.41, 5.74) is 0. The zero-order chi connectivity index (χ0) is 17.1. The minimum atomic E-state index is -0.929. The van der Waals surface area contributed by atoms with Gasteiger partial charge in [-0.15, -0.1) is 13.2 Å². The van der Waals surface area contributed by atoms with Gasteiger partial charge in [0.25, 0.3) is 0 Å². The van der Waals surface area contributed by atoms with Crippen LogP contribution in [0.25, 0.3) is 0 Å². The smallest absolute Gasteiger partial charge is 0.106 e. The van der Waals surface area contributed by atoms with Crippen LogP contribution in [0.5, 0.6) is 0 Å². The average molecular weight is 337 g/mol. The van der Waals surface area contributed by atoms with Gasteiger partial charge < -0.3 is 0 Å². The van der Waals surface area contributed by atoms with Crippen molar-refractivity contribution in [2.75, 3.05) is 0 Å². The molecule has 3 saturated carbocycles. The lowest BCUT2D eigenvalue weighted by Crippen LogP contribution is -2.43. The predicted molar refractivity (Wildman–Crippen MR) is 97.3 cm³/mol. The van der Waals surface area contributed by atoms with E-state index in [0.29, 0.717) is 30.6 Å². The number of rotatable bonds is 4. The first-order valence-electron chi connectivity index (χ1n) is 10.2. The van der Waals surface area contributed by atoms with Gasteiger partial charge in [-0.25, -0.2) is 8.78 Å². The molecular formula is C22H34F2. The standard InChI is InChI=1S/C22H34F2/c1-3-15-5-9-17(10-6-15)19-13-20(23)22(21(24)14-19)18-11-7-16(4-2)8-12-18/h3-4,15-22H,1-2,5-14H2. The third-order valence-electron chi connectivity index (χ3n) is 7.40. The van der Waals surface area contributed by atoms with Crippen LogP contribution in [0.3, 0.4) is 0 Å². The van der Waals surface area contributed by atoms with Crippen LogP contribution in [0.15, 0.2) is 25.3 Å². The Morgan fingerprint density at radius 2 is 1.00 bits per heavy atom. The normalized spacial score (nSPS) is 47.1. The van der Waals surface area contributed by atoms with Crippen LogP contribution >= 0.6 is 0 Å². The third kappa shape index (κ3) is 3.94. The van der Waals surface area contributed by atoms with Crippen LogP contribution in [0.2, 0.25) is 0 Å². The predicted octanol–water partition coefficient (Wildman–Crippen LogP) is 6.67. The molecular weight excluding hydrogens is 302 g/mol. The van der Waals surface area contributed by atoms with Crippen LogP contribution in [0.4, 0.5) is 8.78 Å². The van der Waals surface area contributed by atoms with E-state index in [9.17, 15) is 8.78 Å². The summed E-state index contributed by atoms with van der Waals surface area (Å²) in [6.07, 6.45) is 12.1. The van der Waals surface area contributed by atoms with Crippen LogP contribution in [0, 0.1) is 35.5 Å². The van der Waals surface area contributed by atoms with E-state index in [1.807, 2.05) is 6.08 Å². The van der Waals surface area contributed by atoms with Crippen molar-refractivity contribution in [1.82, 2.24) is 0 Å². The van der Waals surface area contributed by atoms with Crippen molar-refractivity contribution in [3.63, 3.8) is 0 Å². The molecule has 0 bridgehead atoms. The summed E-state index contributed by atoms with van der Waals surface area (Å²) < 4.78 is 29.9. The number of allylic oxidation sites excluding steroid dienone is 2. The maximum atomic E-state index is 14.9. The highest BCUT2D eigenvalue weighted by molar-refractivity contribution is 4.96. The van der Waals surface area contributed by atoms with Gasteiger partial charge in [0.05, 0.1) is 0 Å². The Kier molecular flexibility index (Phi) is 6.16. The summed E-state index contributed by atoms with van der Waals surface area (Å²) in [5, 5.41) is 0. The molecule has 0 aromatic rings. The molecule has 0 nitrogen and oxygen atoms in total. The zero-order valence-corrected chi connectivity index (χ0v) is 15.0. The molecule has 3 aliphatic rings. The molecule has 0 spiro atoms. The van der Waals surface area contributed by atoms with Crippen molar-refractivity contribution in [2.45, 2.75) is 76.6 Å². The number of halogens is 2. The van der Waals surface area contributed by atoms with Crippen LogP contribution in [-0.4, -0.2) is 12.3 Å². The third-order valence-corrected chi connectivity index (χ3v) is 7.40. The molecule has 24 heavy (non-hydrogen) atoms. The second-order valence-electron chi connectivity index (χ2n) is 8.66. The molecule has 2 unspecified atom stereocenters. The largest absolute Gasteiger partial charge is 0.247 e. The van der Waals surface area contributed by atoms with Crippen molar-refractivity contribution >= 4 is 0 Å². The molecule has 0 saturated heterocycles. The monoisotopic (exact) mass is 336 g/mol. The number of hydrogen-bond acceptors (Lipinski definition) is 0. The summed E-state index contributed by atoms with van der Waals surface area (Å²) in [7, 11) is 0. The Morgan fingerprint density at radius 1 is 0.583 bits per heavy atom. The first-order chi connectivity index (χ1) is 11.6. The van der Waals surface area contributed by atoms with E-state index >= 15 is 0 Å². The first-order valence-corrected chi connectivity index (χ1v) is 10.2. The van der Waals surface area contributed by atoms with Gasteiger partial charge in [0.15, 0.2) is 0 Å². The number of hydrogen-bond donors (Lipinski definition) is 0. The first kappa shape index (κ1) is 18.1. The molecule has 3 aliphatic carbocycles. The second-order valence-corrected chi connectivity index (χ2v) is 8.66. The molecule has 0 aromatic carbocycles. The lowest BCUT2D eigenvalue weighted by Gasteiger charge is -2.44. The van der Waals surface area contributed by atoms with Gasteiger partial charge in [0.2, 0.25) is 0 Å². The van der Waals surface area contributed by atoms with Gasteiger partial charge in [0.1, 0.15) is 12.3 Å². The fourth-order valence-corrected chi connectivity index (χ4v) is 5.81. The Hall–Kier alpha value is -0.660. The van der Waals surface area contributed by atoms with Gasteiger partial charge in [-0.2, -0.15) is 0 Å². The molecule has 0 radical (unpaired) electrons. The van der Waals surface area contributed by atoms with E-state index < -0.39 is 12.3 Å². The topological polar surface area (TPSA) is 0 Å². The maximum absolute atomic E-state index is 14.9. The maximum Gasteiger partial charge on any atom is 0.106 e. The van der Waals surface area contributed by atoms with E-state index in [2.05, 4.69) is 19.2 Å². The SMILES string of the molecule is C=CC1CCC(C2CC(F)C(C3CCC(C=C)CC3)C(F)C2)CC1. The molecule has 2 heteroatoms. The van der Waals surface area contributed by atoms with Gasteiger partial charge >= 0.3 is 0 Å². The Bertz CT molecular complexity index is 404. The van der Waals surface area contributed by atoms with Crippen molar-refractivity contribution in [2.24, 2.45) is 35.5 Å². The van der Waals surface area contributed by atoms with Gasteiger partial charge in [0, 0.05) is 5.92 Å². The minimum absolute atomic E-state index is 0.253. The lowest BCUT2D eigenvalue weighted by molar-refractivity contribution is -0.0220. The average Bonchev–Trinajstić information content (AvgIpc) is 2.61. The molecule has 0 heterocycles. The van der Waals surface area contributed by atoms with Crippen LogP contribution in [-0.2, 0) is 0 Å². The molecule has 0 aromatic heterocycles. The highest BCUT2D eigenvalue weighted by Crippen LogP contribution is 2.48. The second kappa shape index (κ2) is 8.15.